The van der Waals surface area contributed by atoms with Gasteiger partial charge in [-0.15, -0.1) is 0 Å². The van der Waals surface area contributed by atoms with E-state index in [2.05, 4.69) is 35.7 Å². The van der Waals surface area contributed by atoms with E-state index in [9.17, 15) is 4.79 Å². The van der Waals surface area contributed by atoms with Crippen LogP contribution in [0.4, 0.5) is 5.82 Å². The molecule has 10 heteroatoms. The highest BCUT2D eigenvalue weighted by molar-refractivity contribution is 5.89. The van der Waals surface area contributed by atoms with Crippen LogP contribution < -0.4 is 10.00 Å². The van der Waals surface area contributed by atoms with Gasteiger partial charge in [-0.3, -0.25) is 19.4 Å². The molecular weight excluding hydrogens is 346 g/mol. The molecule has 4 aromatic heterocycles. The van der Waals surface area contributed by atoms with Crippen molar-refractivity contribution in [2.75, 3.05) is 5.32 Å². The summed E-state index contributed by atoms with van der Waals surface area (Å²) in [6.07, 6.45) is 11.8. The summed E-state index contributed by atoms with van der Waals surface area (Å²) in [4.78, 5) is 24.7. The maximum absolute atomic E-state index is 12.2. The summed E-state index contributed by atoms with van der Waals surface area (Å²) in [5.74, 6) is 0.233. The molecule has 4 rings (SSSR count). The fourth-order valence-electron chi connectivity index (χ4n) is 2.49. The number of nitrogens with zero attached hydrogens (tertiary/aromatic N) is 7. The lowest BCUT2D eigenvalue weighted by molar-refractivity contribution is -0.730. The zero-order chi connectivity index (χ0) is 18.6. The molecule has 0 saturated carbocycles. The number of H-pyrrole nitrogens is 1. The average molecular weight is 362 g/mol. The quantitative estimate of drug-likeness (QED) is 0.502. The van der Waals surface area contributed by atoms with Crippen molar-refractivity contribution < 1.29 is 9.48 Å². The summed E-state index contributed by atoms with van der Waals surface area (Å²) >= 11 is 0. The molecule has 0 atom stereocenters. The molecule has 0 unspecified atom stereocenters. The van der Waals surface area contributed by atoms with Crippen LogP contribution in [0.3, 0.4) is 0 Å². The van der Waals surface area contributed by atoms with Crippen LogP contribution in [0.2, 0.25) is 0 Å². The molecule has 27 heavy (non-hydrogen) atoms. The zero-order valence-electron chi connectivity index (χ0n) is 14.4. The van der Waals surface area contributed by atoms with Crippen molar-refractivity contribution in [1.82, 2.24) is 35.0 Å². The van der Waals surface area contributed by atoms with Gasteiger partial charge in [0, 0.05) is 35.4 Å². The first kappa shape index (κ1) is 16.5. The van der Waals surface area contributed by atoms with Crippen molar-refractivity contribution in [3.63, 3.8) is 0 Å². The Morgan fingerprint density at radius 2 is 2.07 bits per heavy atom. The van der Waals surface area contributed by atoms with Crippen LogP contribution in [0.25, 0.3) is 22.5 Å². The molecule has 4 heterocycles. The van der Waals surface area contributed by atoms with E-state index >= 15 is 0 Å². The minimum absolute atomic E-state index is 0.0736. The van der Waals surface area contributed by atoms with Crippen molar-refractivity contribution in [1.29, 1.82) is 0 Å². The lowest BCUT2D eigenvalue weighted by atomic mass is 10.2. The van der Waals surface area contributed by atoms with E-state index in [0.29, 0.717) is 5.82 Å². The maximum Gasteiger partial charge on any atom is 0.251 e. The smallest absolute Gasteiger partial charge is 0.251 e. The number of hydrogen-bond acceptors (Lipinski definition) is 6. The molecule has 0 aliphatic heterocycles. The molecule has 2 N–H and O–H groups in total. The Labute approximate surface area is 153 Å². The average Bonchev–Trinajstić information content (AvgIpc) is 3.32. The second-order valence-electron chi connectivity index (χ2n) is 5.83. The van der Waals surface area contributed by atoms with Gasteiger partial charge in [0.15, 0.2) is 6.20 Å². The lowest BCUT2D eigenvalue weighted by Crippen LogP contribution is -2.28. The number of carbonyl (C=O) groups is 1. The first-order chi connectivity index (χ1) is 13.2. The van der Waals surface area contributed by atoms with Gasteiger partial charge >= 0.3 is 0 Å². The Bertz CT molecular complexity index is 1050. The second kappa shape index (κ2) is 7.12. The van der Waals surface area contributed by atoms with Gasteiger partial charge in [0.05, 0.1) is 23.7 Å². The Balaban J connectivity index is 1.39. The highest BCUT2D eigenvalue weighted by atomic mass is 16.2. The highest BCUT2D eigenvalue weighted by Crippen LogP contribution is 2.16. The van der Waals surface area contributed by atoms with Crippen LogP contribution in [0.15, 0.2) is 55.5 Å². The van der Waals surface area contributed by atoms with Crippen LogP contribution in [0.5, 0.6) is 0 Å². The number of aromatic nitrogens is 8. The van der Waals surface area contributed by atoms with Crippen LogP contribution in [0, 0.1) is 0 Å². The number of aryl methyl sites for hydroxylation is 1. The largest absolute Gasteiger partial charge is 0.309 e. The van der Waals surface area contributed by atoms with E-state index in [1.807, 2.05) is 19.3 Å². The van der Waals surface area contributed by atoms with Crippen molar-refractivity contribution >= 4 is 11.7 Å². The van der Waals surface area contributed by atoms with Gasteiger partial charge in [0.25, 0.3) is 5.69 Å². The van der Waals surface area contributed by atoms with Gasteiger partial charge in [0.2, 0.25) is 5.91 Å². The van der Waals surface area contributed by atoms with Crippen molar-refractivity contribution in [3.05, 3.63) is 55.5 Å². The zero-order valence-corrected chi connectivity index (χ0v) is 14.4. The number of hydrogen-bond donors (Lipinski definition) is 2. The summed E-state index contributed by atoms with van der Waals surface area (Å²) in [6.45, 7) is 0.0736. The molecule has 0 aliphatic rings. The third-order valence-electron chi connectivity index (χ3n) is 3.77. The molecule has 10 nitrogen and oxygen atoms in total. The molecule has 0 aromatic carbocycles. The Morgan fingerprint density at radius 3 is 2.78 bits per heavy atom. The number of aromatic amines is 1. The Morgan fingerprint density at radius 1 is 1.15 bits per heavy atom. The standard InChI is InChI=1S/C17H15N9O/c1-25-10-15(23-24-25)13-7-21-26(9-13)11-17(27)22-16-3-2-12(6-20-16)14-8-18-4-5-19-14/h2-10H,11H2,1H3,(H,19,20,22,27)/p+1. The van der Waals surface area contributed by atoms with Crippen molar-refractivity contribution in [2.45, 2.75) is 6.54 Å². The molecule has 134 valence electrons. The Kier molecular flexibility index (Phi) is 4.35. The van der Waals surface area contributed by atoms with Gasteiger partial charge < -0.3 is 5.32 Å². The van der Waals surface area contributed by atoms with Crippen molar-refractivity contribution in [2.24, 2.45) is 7.05 Å². The molecule has 0 radical (unpaired) electrons. The van der Waals surface area contributed by atoms with Gasteiger partial charge in [-0.2, -0.15) is 9.78 Å². The summed E-state index contributed by atoms with van der Waals surface area (Å²) in [5, 5.41) is 13.9. The van der Waals surface area contributed by atoms with Crippen LogP contribution in [0.1, 0.15) is 0 Å². The molecule has 4 aromatic rings. The molecule has 0 bridgehead atoms. The fourth-order valence-corrected chi connectivity index (χ4v) is 2.49. The lowest BCUT2D eigenvalue weighted by Gasteiger charge is -2.05. The SMILES string of the molecule is C[n+]1cc(-c2cnn(CC(=O)Nc3ccc(-c4cnccn4)cn3)c2)n[nH]1. The first-order valence-electron chi connectivity index (χ1n) is 8.13. The number of anilines is 1. The van der Waals surface area contributed by atoms with E-state index in [1.165, 1.54) is 0 Å². The summed E-state index contributed by atoms with van der Waals surface area (Å²) in [6, 6.07) is 3.55. The number of nitrogens with one attached hydrogen (secondary N) is 2. The normalized spacial score (nSPS) is 10.7. The van der Waals surface area contributed by atoms with E-state index in [4.69, 9.17) is 0 Å². The minimum Gasteiger partial charge on any atom is -0.309 e. The molecule has 0 aliphatic carbocycles. The van der Waals surface area contributed by atoms with E-state index in [1.54, 1.807) is 52.6 Å². The monoisotopic (exact) mass is 362 g/mol. The Hall–Kier alpha value is -3.95. The second-order valence-corrected chi connectivity index (χ2v) is 5.83. The number of rotatable bonds is 5. The van der Waals surface area contributed by atoms with Gasteiger partial charge in [-0.25, -0.2) is 4.98 Å². The summed E-state index contributed by atoms with van der Waals surface area (Å²) < 4.78 is 3.28. The van der Waals surface area contributed by atoms with Crippen LogP contribution in [-0.4, -0.2) is 41.0 Å². The molecule has 0 saturated heterocycles. The number of amides is 1. The third kappa shape index (κ3) is 3.84. The van der Waals surface area contributed by atoms with E-state index in [-0.39, 0.29) is 12.5 Å². The summed E-state index contributed by atoms with van der Waals surface area (Å²) in [7, 11) is 1.84. The maximum atomic E-state index is 12.2. The number of carbonyl (C=O) groups excluding carboxylic acids is 1. The topological polar surface area (TPSA) is 118 Å². The van der Waals surface area contributed by atoms with Crippen LogP contribution in [-0.2, 0) is 18.4 Å². The van der Waals surface area contributed by atoms with Crippen molar-refractivity contribution in [3.8, 4) is 22.5 Å². The van der Waals surface area contributed by atoms with Gasteiger partial charge in [0.1, 0.15) is 19.4 Å². The fraction of sp³-hybridized carbons (Fsp3) is 0.118. The summed E-state index contributed by atoms with van der Waals surface area (Å²) in [5.41, 5.74) is 3.13. The third-order valence-corrected chi connectivity index (χ3v) is 3.77. The molecule has 0 fully saturated rings. The van der Waals surface area contributed by atoms with Crippen LogP contribution >= 0.6 is 0 Å². The van der Waals surface area contributed by atoms with E-state index < -0.39 is 0 Å². The molecule has 1 amide bonds. The molecule has 0 spiro atoms. The highest BCUT2D eigenvalue weighted by Gasteiger charge is 2.13. The van der Waals surface area contributed by atoms with Gasteiger partial charge in [-0.05, 0) is 12.1 Å². The predicted molar refractivity (Wildman–Crippen MR) is 94.9 cm³/mol. The van der Waals surface area contributed by atoms with E-state index in [0.717, 1.165) is 22.5 Å². The number of pyridine rings is 1. The first-order valence-corrected chi connectivity index (χ1v) is 8.13. The molecular formula is C17H16N9O+. The van der Waals surface area contributed by atoms with Gasteiger partial charge in [-0.1, -0.05) is 5.21 Å². The minimum atomic E-state index is -0.225. The predicted octanol–water partition coefficient (Wildman–Crippen LogP) is 0.588.